The van der Waals surface area contributed by atoms with Crippen LogP contribution in [-0.4, -0.2) is 43.9 Å². The van der Waals surface area contributed by atoms with E-state index in [1.165, 1.54) is 18.3 Å². The number of hydrogen-bond acceptors (Lipinski definition) is 5. The first-order valence-electron chi connectivity index (χ1n) is 11.4. The summed E-state index contributed by atoms with van der Waals surface area (Å²) >= 11 is 0. The number of carbonyl (C=O) groups is 2. The molecule has 2 aromatic heterocycles. The summed E-state index contributed by atoms with van der Waals surface area (Å²) in [6, 6.07) is 4.00. The van der Waals surface area contributed by atoms with Gasteiger partial charge in [-0.05, 0) is 51.5 Å². The molecular weight excluding hydrogens is 491 g/mol. The molecule has 0 unspecified atom stereocenters. The number of halogens is 3. The molecule has 198 valence electrons. The zero-order valence-electron chi connectivity index (χ0n) is 20.6. The Morgan fingerprint density at radius 3 is 2.46 bits per heavy atom. The smallest absolute Gasteiger partial charge is 0.406 e. The molecule has 0 saturated heterocycles. The molecule has 37 heavy (non-hydrogen) atoms. The highest BCUT2D eigenvalue weighted by molar-refractivity contribution is 5.99. The van der Waals surface area contributed by atoms with E-state index in [1.807, 2.05) is 37.6 Å². The number of nitrogens with zero attached hydrogens (tertiary/aromatic N) is 4. The Hall–Kier alpha value is -4.29. The van der Waals surface area contributed by atoms with Gasteiger partial charge in [0.1, 0.15) is 11.6 Å². The standard InChI is InChI=1S/C24H28F3N7O3/c1-16(2)9-13-34-15-20(31-21(34)22(35)29-10-4-12-33-14-11-28-17(33)3)32-23(36)30-18-5-7-19(8-6-18)37-24(25,26)27/h5-9,11,14-15H,4,10,12-13H2,1-3H3,(H,29,35)(H2,30,32,36). The molecule has 0 bridgehead atoms. The van der Waals surface area contributed by atoms with Crippen LogP contribution in [0, 0.1) is 6.92 Å². The van der Waals surface area contributed by atoms with E-state index in [0.717, 1.165) is 23.5 Å². The zero-order chi connectivity index (χ0) is 27.0. The molecule has 0 aliphatic rings. The number of hydrogen-bond donors (Lipinski definition) is 3. The van der Waals surface area contributed by atoms with Gasteiger partial charge in [-0.3, -0.25) is 10.1 Å². The van der Waals surface area contributed by atoms with Crippen LogP contribution in [0.15, 0.2) is 54.5 Å². The van der Waals surface area contributed by atoms with Crippen molar-refractivity contribution in [1.82, 2.24) is 24.4 Å². The lowest BCUT2D eigenvalue weighted by atomic mass is 10.3. The number of urea groups is 1. The van der Waals surface area contributed by atoms with E-state index in [-0.39, 0.29) is 17.3 Å². The second kappa shape index (κ2) is 12.1. The fraction of sp³-hybridized carbons (Fsp3) is 0.333. The number of benzene rings is 1. The van der Waals surface area contributed by atoms with Gasteiger partial charge in [-0.15, -0.1) is 13.2 Å². The van der Waals surface area contributed by atoms with Gasteiger partial charge in [0.15, 0.2) is 5.82 Å². The maximum atomic E-state index is 12.8. The van der Waals surface area contributed by atoms with E-state index < -0.39 is 24.1 Å². The minimum absolute atomic E-state index is 0.125. The third kappa shape index (κ3) is 8.70. The normalized spacial score (nSPS) is 11.1. The molecule has 10 nitrogen and oxygen atoms in total. The van der Waals surface area contributed by atoms with E-state index >= 15 is 0 Å². The van der Waals surface area contributed by atoms with Gasteiger partial charge < -0.3 is 24.5 Å². The lowest BCUT2D eigenvalue weighted by Crippen LogP contribution is -2.28. The van der Waals surface area contributed by atoms with Crippen molar-refractivity contribution in [3.8, 4) is 5.75 Å². The van der Waals surface area contributed by atoms with Crippen LogP contribution in [0.3, 0.4) is 0 Å². The number of aromatic nitrogens is 4. The van der Waals surface area contributed by atoms with E-state index in [9.17, 15) is 22.8 Å². The van der Waals surface area contributed by atoms with Crippen LogP contribution in [0.4, 0.5) is 29.5 Å². The number of aryl methyl sites for hydroxylation is 2. The minimum atomic E-state index is -4.81. The average Bonchev–Trinajstić information content (AvgIpc) is 3.41. The Labute approximate surface area is 211 Å². The first kappa shape index (κ1) is 27.3. The van der Waals surface area contributed by atoms with Gasteiger partial charge in [-0.2, -0.15) is 0 Å². The molecular formula is C24H28F3N7O3. The molecule has 3 amide bonds. The summed E-state index contributed by atoms with van der Waals surface area (Å²) in [5, 5.41) is 7.87. The lowest BCUT2D eigenvalue weighted by Gasteiger charge is -2.10. The molecule has 13 heteroatoms. The fourth-order valence-corrected chi connectivity index (χ4v) is 3.27. The second-order valence-corrected chi connectivity index (χ2v) is 8.31. The van der Waals surface area contributed by atoms with Gasteiger partial charge in [0.05, 0.1) is 0 Å². The summed E-state index contributed by atoms with van der Waals surface area (Å²) in [5.41, 5.74) is 1.28. The van der Waals surface area contributed by atoms with Gasteiger partial charge in [-0.25, -0.2) is 14.8 Å². The fourth-order valence-electron chi connectivity index (χ4n) is 3.27. The van der Waals surface area contributed by atoms with E-state index in [4.69, 9.17) is 0 Å². The summed E-state index contributed by atoms with van der Waals surface area (Å²) in [7, 11) is 0. The highest BCUT2D eigenvalue weighted by Gasteiger charge is 2.31. The summed E-state index contributed by atoms with van der Waals surface area (Å²) in [6.45, 7) is 7.24. The lowest BCUT2D eigenvalue weighted by molar-refractivity contribution is -0.274. The topological polar surface area (TPSA) is 115 Å². The third-order valence-corrected chi connectivity index (χ3v) is 5.05. The molecule has 3 rings (SSSR count). The Morgan fingerprint density at radius 1 is 1.11 bits per heavy atom. The van der Waals surface area contributed by atoms with Crippen LogP contribution in [0.2, 0.25) is 0 Å². The predicted molar refractivity (Wildman–Crippen MR) is 131 cm³/mol. The van der Waals surface area contributed by atoms with Crippen molar-refractivity contribution >= 4 is 23.4 Å². The van der Waals surface area contributed by atoms with Crippen molar-refractivity contribution in [3.05, 3.63) is 66.2 Å². The maximum Gasteiger partial charge on any atom is 0.573 e. The number of rotatable bonds is 10. The SMILES string of the molecule is CC(C)=CCn1cc(NC(=O)Nc2ccc(OC(F)(F)F)cc2)nc1C(=O)NCCCn1ccnc1C. The van der Waals surface area contributed by atoms with Gasteiger partial charge in [-0.1, -0.05) is 11.6 Å². The van der Waals surface area contributed by atoms with Gasteiger partial charge in [0.2, 0.25) is 5.82 Å². The molecule has 2 heterocycles. The van der Waals surface area contributed by atoms with Crippen LogP contribution in [-0.2, 0) is 13.1 Å². The predicted octanol–water partition coefficient (Wildman–Crippen LogP) is 4.72. The Bertz CT molecular complexity index is 1240. The van der Waals surface area contributed by atoms with Gasteiger partial charge >= 0.3 is 12.4 Å². The van der Waals surface area contributed by atoms with Crippen molar-refractivity contribution in [2.45, 2.75) is 46.6 Å². The number of anilines is 2. The molecule has 0 fully saturated rings. The summed E-state index contributed by atoms with van der Waals surface area (Å²) < 4.78 is 44.3. The number of alkyl halides is 3. The van der Waals surface area contributed by atoms with Crippen molar-refractivity contribution < 1.29 is 27.5 Å². The molecule has 0 aliphatic carbocycles. The number of imidazole rings is 2. The van der Waals surface area contributed by atoms with Gasteiger partial charge in [0, 0.05) is 43.9 Å². The molecule has 3 aromatic rings. The Morgan fingerprint density at radius 2 is 1.84 bits per heavy atom. The summed E-state index contributed by atoms with van der Waals surface area (Å²) in [6.07, 6.45) is 2.92. The number of allylic oxidation sites excluding steroid dienone is 2. The number of ether oxygens (including phenoxy) is 1. The maximum absolute atomic E-state index is 12.8. The minimum Gasteiger partial charge on any atom is -0.406 e. The highest BCUT2D eigenvalue weighted by Crippen LogP contribution is 2.24. The first-order valence-corrected chi connectivity index (χ1v) is 11.4. The van der Waals surface area contributed by atoms with Crippen molar-refractivity contribution in [2.75, 3.05) is 17.2 Å². The largest absolute Gasteiger partial charge is 0.573 e. The number of amides is 3. The van der Waals surface area contributed by atoms with E-state index in [0.29, 0.717) is 26.1 Å². The van der Waals surface area contributed by atoms with Crippen LogP contribution < -0.4 is 20.7 Å². The molecule has 0 spiro atoms. The zero-order valence-corrected chi connectivity index (χ0v) is 20.6. The molecule has 1 aromatic carbocycles. The first-order chi connectivity index (χ1) is 17.5. The van der Waals surface area contributed by atoms with Crippen LogP contribution >= 0.6 is 0 Å². The van der Waals surface area contributed by atoms with Crippen molar-refractivity contribution in [1.29, 1.82) is 0 Å². The van der Waals surface area contributed by atoms with Crippen LogP contribution in [0.5, 0.6) is 5.75 Å². The Balaban J connectivity index is 1.61. The van der Waals surface area contributed by atoms with Crippen LogP contribution in [0.1, 0.15) is 36.7 Å². The second-order valence-electron chi connectivity index (χ2n) is 8.31. The van der Waals surface area contributed by atoms with Crippen LogP contribution in [0.25, 0.3) is 0 Å². The molecule has 0 aliphatic heterocycles. The molecule has 3 N–H and O–H groups in total. The quantitative estimate of drug-likeness (QED) is 0.265. The average molecular weight is 520 g/mol. The number of carbonyl (C=O) groups excluding carboxylic acids is 2. The monoisotopic (exact) mass is 519 g/mol. The van der Waals surface area contributed by atoms with E-state index in [2.05, 4.69) is 30.7 Å². The molecule has 0 atom stereocenters. The summed E-state index contributed by atoms with van der Waals surface area (Å²) in [5.74, 6) is 0.352. The summed E-state index contributed by atoms with van der Waals surface area (Å²) in [4.78, 5) is 33.6. The van der Waals surface area contributed by atoms with E-state index in [1.54, 1.807) is 10.8 Å². The van der Waals surface area contributed by atoms with Gasteiger partial charge in [0.25, 0.3) is 5.91 Å². The Kier molecular flexibility index (Phi) is 8.93. The molecule has 0 saturated carbocycles. The van der Waals surface area contributed by atoms with Crippen molar-refractivity contribution in [2.24, 2.45) is 0 Å². The number of nitrogens with one attached hydrogen (secondary N) is 3. The molecule has 0 radical (unpaired) electrons. The van der Waals surface area contributed by atoms with Crippen molar-refractivity contribution in [3.63, 3.8) is 0 Å². The highest BCUT2D eigenvalue weighted by atomic mass is 19.4. The third-order valence-electron chi connectivity index (χ3n) is 5.05.